The first-order chi connectivity index (χ1) is 6.27. The van der Waals surface area contributed by atoms with Gasteiger partial charge in [0.25, 0.3) is 0 Å². The molecular weight excluding hydrogens is 257 g/mol. The Morgan fingerprint density at radius 2 is 2.00 bits per heavy atom. The maximum Gasteiger partial charge on any atom is 0.0931 e. The van der Waals surface area contributed by atoms with E-state index in [1.54, 1.807) is 22.7 Å². The highest BCUT2D eigenvalue weighted by Gasteiger charge is 2.11. The van der Waals surface area contributed by atoms with Crippen LogP contribution in [0.1, 0.15) is 15.8 Å². The molecule has 0 bridgehead atoms. The summed E-state index contributed by atoms with van der Waals surface area (Å²) in [6.45, 7) is 0. The second-order valence-electron chi connectivity index (χ2n) is 2.63. The topological polar surface area (TPSA) is 26.0 Å². The molecule has 0 saturated heterocycles. The van der Waals surface area contributed by atoms with Crippen molar-refractivity contribution in [3.63, 3.8) is 0 Å². The number of nitrogens with two attached hydrogens (primary N) is 1. The minimum atomic E-state index is -0.0162. The van der Waals surface area contributed by atoms with Crippen molar-refractivity contribution in [3.05, 3.63) is 43.7 Å². The molecule has 0 amide bonds. The van der Waals surface area contributed by atoms with Crippen LogP contribution in [-0.4, -0.2) is 0 Å². The molecule has 0 spiro atoms. The van der Waals surface area contributed by atoms with Crippen LogP contribution in [0.15, 0.2) is 29.6 Å². The van der Waals surface area contributed by atoms with E-state index in [2.05, 4.69) is 0 Å². The van der Waals surface area contributed by atoms with Gasteiger partial charge >= 0.3 is 0 Å². The van der Waals surface area contributed by atoms with Crippen molar-refractivity contribution in [2.24, 2.45) is 5.73 Å². The van der Waals surface area contributed by atoms with E-state index in [0.29, 0.717) is 0 Å². The zero-order chi connectivity index (χ0) is 9.26. The van der Waals surface area contributed by atoms with Gasteiger partial charge in [-0.25, -0.2) is 0 Å². The molecule has 14 heavy (non-hydrogen) atoms. The van der Waals surface area contributed by atoms with Crippen LogP contribution in [-0.2, 0) is 0 Å². The Hall–Kier alpha value is -0.0600. The molecule has 0 unspecified atom stereocenters. The first-order valence-electron chi connectivity index (χ1n) is 3.81. The Bertz CT molecular complexity index is 383. The zero-order valence-corrected chi connectivity index (χ0v) is 10.3. The maximum absolute atomic E-state index is 6.04. The van der Waals surface area contributed by atoms with Crippen LogP contribution < -0.4 is 5.73 Å². The number of rotatable bonds is 2. The lowest BCUT2D eigenvalue weighted by molar-refractivity contribution is 0.917. The van der Waals surface area contributed by atoms with E-state index in [9.17, 15) is 0 Å². The predicted molar refractivity (Wildman–Crippen MR) is 66.9 cm³/mol. The van der Waals surface area contributed by atoms with Crippen molar-refractivity contribution in [2.45, 2.75) is 6.04 Å². The van der Waals surface area contributed by atoms with Crippen molar-refractivity contribution in [1.82, 2.24) is 0 Å². The van der Waals surface area contributed by atoms with Crippen molar-refractivity contribution in [1.29, 1.82) is 0 Å². The summed E-state index contributed by atoms with van der Waals surface area (Å²) in [5.41, 5.74) is 6.04. The molecule has 0 aliphatic carbocycles. The summed E-state index contributed by atoms with van der Waals surface area (Å²) >= 11 is 9.05. The summed E-state index contributed by atoms with van der Waals surface area (Å²) in [4.78, 5) is 2.30. The predicted octanol–water partition coefficient (Wildman–Crippen LogP) is 3.93. The normalized spacial score (nSPS) is 12.1. The van der Waals surface area contributed by atoms with Gasteiger partial charge in [-0.3, -0.25) is 0 Å². The van der Waals surface area contributed by atoms with E-state index in [-0.39, 0.29) is 18.4 Å². The summed E-state index contributed by atoms with van der Waals surface area (Å²) in [5, 5.41) is 2.03. The number of hydrogen-bond acceptors (Lipinski definition) is 3. The summed E-state index contributed by atoms with van der Waals surface area (Å²) in [7, 11) is 0. The van der Waals surface area contributed by atoms with Gasteiger partial charge in [-0.2, -0.15) is 0 Å². The molecule has 1 atom stereocenters. The number of halogens is 2. The van der Waals surface area contributed by atoms with Crippen LogP contribution in [0.5, 0.6) is 0 Å². The van der Waals surface area contributed by atoms with E-state index in [4.69, 9.17) is 17.3 Å². The molecule has 0 aliphatic rings. The fourth-order valence-corrected chi connectivity index (χ4v) is 3.00. The van der Waals surface area contributed by atoms with E-state index in [1.807, 2.05) is 29.6 Å². The van der Waals surface area contributed by atoms with Crippen molar-refractivity contribution < 1.29 is 0 Å². The lowest BCUT2D eigenvalue weighted by atomic mass is 10.2. The van der Waals surface area contributed by atoms with Gasteiger partial charge in [0, 0.05) is 9.75 Å². The molecule has 2 aromatic rings. The Balaban J connectivity index is 0.000000980. The Labute approximate surface area is 102 Å². The van der Waals surface area contributed by atoms with E-state index in [1.165, 1.54) is 4.88 Å². The fraction of sp³-hybridized carbons (Fsp3) is 0.111. The van der Waals surface area contributed by atoms with Crippen LogP contribution in [0.2, 0.25) is 4.34 Å². The van der Waals surface area contributed by atoms with Crippen molar-refractivity contribution in [2.75, 3.05) is 0 Å². The number of thiophene rings is 2. The summed E-state index contributed by atoms with van der Waals surface area (Å²) in [6, 6.07) is 7.90. The third-order valence-corrected chi connectivity index (χ3v) is 4.02. The smallest absolute Gasteiger partial charge is 0.0931 e. The lowest BCUT2D eigenvalue weighted by Crippen LogP contribution is -2.07. The van der Waals surface area contributed by atoms with Crippen LogP contribution in [0.25, 0.3) is 0 Å². The standard InChI is InChI=1S/C9H8ClNS2.ClH/c10-8-4-3-7(13-8)9(11)6-2-1-5-12-6;/h1-5,9H,11H2;1H/t9-;/m1./s1. The molecule has 0 radical (unpaired) electrons. The van der Waals surface area contributed by atoms with Crippen molar-refractivity contribution >= 4 is 46.7 Å². The monoisotopic (exact) mass is 265 g/mol. The molecule has 0 aliphatic heterocycles. The van der Waals surface area contributed by atoms with Crippen LogP contribution in [0, 0.1) is 0 Å². The van der Waals surface area contributed by atoms with Gasteiger partial charge in [-0.15, -0.1) is 35.1 Å². The van der Waals surface area contributed by atoms with Crippen molar-refractivity contribution in [3.8, 4) is 0 Å². The fourth-order valence-electron chi connectivity index (χ4n) is 1.10. The van der Waals surface area contributed by atoms with Crippen LogP contribution in [0.4, 0.5) is 0 Å². The third-order valence-electron chi connectivity index (χ3n) is 1.75. The maximum atomic E-state index is 6.04. The van der Waals surface area contributed by atoms with Crippen LogP contribution >= 0.6 is 46.7 Å². The van der Waals surface area contributed by atoms with Gasteiger partial charge in [-0.05, 0) is 23.6 Å². The lowest BCUT2D eigenvalue weighted by Gasteiger charge is -2.05. The van der Waals surface area contributed by atoms with Gasteiger partial charge in [0.1, 0.15) is 0 Å². The van der Waals surface area contributed by atoms with Gasteiger partial charge < -0.3 is 5.73 Å². The SMILES string of the molecule is Cl.N[C@H](c1cccs1)c1ccc(Cl)s1. The zero-order valence-electron chi connectivity index (χ0n) is 7.14. The molecule has 0 fully saturated rings. The molecule has 2 aromatic heterocycles. The first-order valence-corrected chi connectivity index (χ1v) is 5.89. The third kappa shape index (κ3) is 2.49. The number of hydrogen-bond donors (Lipinski definition) is 1. The quantitative estimate of drug-likeness (QED) is 0.875. The van der Waals surface area contributed by atoms with Gasteiger partial charge in [0.05, 0.1) is 10.4 Å². The average Bonchev–Trinajstić information content (AvgIpc) is 2.72. The van der Waals surface area contributed by atoms with E-state index < -0.39 is 0 Å². The molecule has 2 N–H and O–H groups in total. The molecule has 5 heteroatoms. The minimum Gasteiger partial charge on any atom is -0.319 e. The van der Waals surface area contributed by atoms with E-state index >= 15 is 0 Å². The minimum absolute atomic E-state index is 0. The summed E-state index contributed by atoms with van der Waals surface area (Å²) < 4.78 is 0.794. The summed E-state index contributed by atoms with van der Waals surface area (Å²) in [5.74, 6) is 0. The molecule has 1 nitrogen and oxygen atoms in total. The van der Waals surface area contributed by atoms with Gasteiger partial charge in [0.15, 0.2) is 0 Å². The molecule has 0 aromatic carbocycles. The molecule has 0 saturated carbocycles. The highest BCUT2D eigenvalue weighted by molar-refractivity contribution is 7.16. The largest absolute Gasteiger partial charge is 0.319 e. The average molecular weight is 266 g/mol. The second-order valence-corrected chi connectivity index (χ2v) is 5.36. The first kappa shape index (κ1) is 12.0. The Morgan fingerprint density at radius 3 is 2.50 bits per heavy atom. The highest BCUT2D eigenvalue weighted by Crippen LogP contribution is 2.31. The Kier molecular flexibility index (Phi) is 4.41. The van der Waals surface area contributed by atoms with E-state index in [0.717, 1.165) is 9.21 Å². The summed E-state index contributed by atoms with van der Waals surface area (Å²) in [6.07, 6.45) is 0. The van der Waals surface area contributed by atoms with Crippen LogP contribution in [0.3, 0.4) is 0 Å². The molecule has 2 heterocycles. The van der Waals surface area contributed by atoms with Gasteiger partial charge in [0.2, 0.25) is 0 Å². The van der Waals surface area contributed by atoms with Gasteiger partial charge in [-0.1, -0.05) is 17.7 Å². The second kappa shape index (κ2) is 5.14. The molecule has 2 rings (SSSR count). The molecular formula is C9H9Cl2NS2. The molecule has 76 valence electrons. The highest BCUT2D eigenvalue weighted by atomic mass is 35.5. The Morgan fingerprint density at radius 1 is 1.21 bits per heavy atom.